The molecule has 3 rings (SSSR count). The molecule has 0 aromatic heterocycles. The predicted octanol–water partition coefficient (Wildman–Crippen LogP) is 2.51. The fourth-order valence-electron chi connectivity index (χ4n) is 3.15. The number of methoxy groups -OCH3 is 1. The van der Waals surface area contributed by atoms with Gasteiger partial charge < -0.3 is 4.74 Å². The summed E-state index contributed by atoms with van der Waals surface area (Å²) in [6.07, 6.45) is 1.31. The van der Waals surface area contributed by atoms with Gasteiger partial charge in [0.2, 0.25) is 10.0 Å². The Kier molecular flexibility index (Phi) is 5.85. The van der Waals surface area contributed by atoms with Gasteiger partial charge in [-0.05, 0) is 55.7 Å². The summed E-state index contributed by atoms with van der Waals surface area (Å²) in [6.45, 7) is 1.95. The highest BCUT2D eigenvalue weighted by molar-refractivity contribution is 7.93. The van der Waals surface area contributed by atoms with Gasteiger partial charge in [0.1, 0.15) is 0 Å². The number of ether oxygens (including phenoxy) is 1. The molecule has 1 N–H and O–H groups in total. The number of benzene rings is 2. The van der Waals surface area contributed by atoms with Crippen molar-refractivity contribution < 1.29 is 26.4 Å². The van der Waals surface area contributed by atoms with Crippen LogP contribution in [0.2, 0.25) is 0 Å². The monoisotopic (exact) mass is 438 g/mol. The zero-order chi connectivity index (χ0) is 21.2. The van der Waals surface area contributed by atoms with Gasteiger partial charge in [-0.3, -0.25) is 9.03 Å². The lowest BCUT2D eigenvalue weighted by Gasteiger charge is -2.28. The van der Waals surface area contributed by atoms with Gasteiger partial charge in [0.25, 0.3) is 10.0 Å². The summed E-state index contributed by atoms with van der Waals surface area (Å²) in [5.74, 6) is -0.541. The SMILES string of the molecule is COC(=O)c1cccc(NS(=O)(=O)c2cc(N3CCCCS3(=O)=O)ccc2C)c1. The molecule has 2 aromatic rings. The molecule has 8 nitrogen and oxygen atoms in total. The van der Waals surface area contributed by atoms with E-state index in [2.05, 4.69) is 9.46 Å². The Morgan fingerprint density at radius 3 is 2.59 bits per heavy atom. The smallest absolute Gasteiger partial charge is 0.337 e. The van der Waals surface area contributed by atoms with Crippen molar-refractivity contribution >= 4 is 37.4 Å². The highest BCUT2D eigenvalue weighted by Crippen LogP contribution is 2.29. The fourth-order valence-corrected chi connectivity index (χ4v) is 6.10. The number of aryl methyl sites for hydroxylation is 1. The van der Waals surface area contributed by atoms with E-state index in [4.69, 9.17) is 0 Å². The molecule has 1 fully saturated rings. The van der Waals surface area contributed by atoms with Crippen molar-refractivity contribution in [3.8, 4) is 0 Å². The van der Waals surface area contributed by atoms with E-state index >= 15 is 0 Å². The van der Waals surface area contributed by atoms with Gasteiger partial charge in [0.15, 0.2) is 0 Å². The maximum Gasteiger partial charge on any atom is 0.337 e. The molecular weight excluding hydrogens is 416 g/mol. The normalized spacial score (nSPS) is 16.3. The molecule has 0 saturated carbocycles. The molecule has 156 valence electrons. The average molecular weight is 439 g/mol. The third-order valence-electron chi connectivity index (χ3n) is 4.63. The number of carbonyl (C=O) groups is 1. The van der Waals surface area contributed by atoms with Gasteiger partial charge in [0.05, 0.1) is 29.0 Å². The lowest BCUT2D eigenvalue weighted by atomic mass is 10.2. The minimum atomic E-state index is -4.02. The first-order valence-corrected chi connectivity index (χ1v) is 12.1. The molecule has 0 atom stereocenters. The van der Waals surface area contributed by atoms with Crippen molar-refractivity contribution in [3.05, 3.63) is 53.6 Å². The summed E-state index contributed by atoms with van der Waals surface area (Å²) in [5.41, 5.74) is 1.19. The molecule has 0 amide bonds. The number of nitrogens with one attached hydrogen (secondary N) is 1. The van der Waals surface area contributed by atoms with Crippen molar-refractivity contribution in [2.75, 3.05) is 28.4 Å². The summed E-state index contributed by atoms with van der Waals surface area (Å²) < 4.78 is 59.0. The van der Waals surface area contributed by atoms with E-state index < -0.39 is 26.0 Å². The Morgan fingerprint density at radius 1 is 1.14 bits per heavy atom. The molecule has 0 aliphatic carbocycles. The first-order chi connectivity index (χ1) is 13.6. The summed E-state index contributed by atoms with van der Waals surface area (Å²) >= 11 is 0. The van der Waals surface area contributed by atoms with Gasteiger partial charge in [-0.25, -0.2) is 21.6 Å². The highest BCUT2D eigenvalue weighted by atomic mass is 32.2. The Hall–Kier alpha value is -2.59. The first-order valence-electron chi connectivity index (χ1n) is 8.96. The predicted molar refractivity (Wildman–Crippen MR) is 110 cm³/mol. The number of esters is 1. The highest BCUT2D eigenvalue weighted by Gasteiger charge is 2.28. The minimum absolute atomic E-state index is 0.0285. The molecule has 10 heteroatoms. The molecule has 0 spiro atoms. The lowest BCUT2D eigenvalue weighted by Crippen LogP contribution is -2.38. The second kappa shape index (κ2) is 8.03. The molecular formula is C19H22N2O6S2. The first kappa shape index (κ1) is 21.1. The van der Waals surface area contributed by atoms with Crippen LogP contribution in [0.3, 0.4) is 0 Å². The van der Waals surface area contributed by atoms with E-state index in [0.717, 1.165) is 0 Å². The van der Waals surface area contributed by atoms with Gasteiger partial charge in [-0.2, -0.15) is 0 Å². The number of hydrogen-bond donors (Lipinski definition) is 1. The topological polar surface area (TPSA) is 110 Å². The van der Waals surface area contributed by atoms with Gasteiger partial charge in [0, 0.05) is 12.2 Å². The van der Waals surface area contributed by atoms with Crippen LogP contribution in [-0.2, 0) is 24.8 Å². The van der Waals surface area contributed by atoms with Gasteiger partial charge >= 0.3 is 5.97 Å². The lowest BCUT2D eigenvalue weighted by molar-refractivity contribution is 0.0600. The quantitative estimate of drug-likeness (QED) is 0.719. The van der Waals surface area contributed by atoms with E-state index in [1.165, 1.54) is 41.7 Å². The number of nitrogens with zero attached hydrogens (tertiary/aromatic N) is 1. The third kappa shape index (κ3) is 4.54. The van der Waals surface area contributed by atoms with E-state index in [0.29, 0.717) is 30.6 Å². The van der Waals surface area contributed by atoms with Crippen LogP contribution in [-0.4, -0.2) is 42.2 Å². The Balaban J connectivity index is 1.96. The van der Waals surface area contributed by atoms with Crippen molar-refractivity contribution in [1.29, 1.82) is 0 Å². The fraction of sp³-hybridized carbons (Fsp3) is 0.316. The van der Waals surface area contributed by atoms with Crippen LogP contribution in [0.4, 0.5) is 11.4 Å². The Bertz CT molecular complexity index is 1140. The van der Waals surface area contributed by atoms with Crippen LogP contribution in [0.15, 0.2) is 47.4 Å². The molecule has 1 aliphatic heterocycles. The maximum atomic E-state index is 13.0. The summed E-state index contributed by atoms with van der Waals surface area (Å²) in [4.78, 5) is 11.6. The molecule has 1 aliphatic rings. The molecule has 0 unspecified atom stereocenters. The van der Waals surface area contributed by atoms with Crippen LogP contribution in [0.25, 0.3) is 0 Å². The Labute approximate surface area is 170 Å². The van der Waals surface area contributed by atoms with E-state index in [9.17, 15) is 21.6 Å². The number of carbonyl (C=O) groups excluding carboxylic acids is 1. The number of anilines is 2. The minimum Gasteiger partial charge on any atom is -0.465 e. The van der Waals surface area contributed by atoms with Crippen LogP contribution in [0, 0.1) is 6.92 Å². The van der Waals surface area contributed by atoms with Crippen LogP contribution < -0.4 is 9.03 Å². The zero-order valence-corrected chi connectivity index (χ0v) is 17.7. The average Bonchev–Trinajstić information content (AvgIpc) is 2.67. The number of hydrogen-bond acceptors (Lipinski definition) is 6. The number of rotatable bonds is 5. The van der Waals surface area contributed by atoms with E-state index in [1.54, 1.807) is 19.1 Å². The van der Waals surface area contributed by atoms with Crippen LogP contribution >= 0.6 is 0 Å². The van der Waals surface area contributed by atoms with Crippen molar-refractivity contribution in [2.45, 2.75) is 24.7 Å². The number of sulfonamides is 2. The Morgan fingerprint density at radius 2 is 1.90 bits per heavy atom. The molecule has 2 aromatic carbocycles. The molecule has 1 saturated heterocycles. The van der Waals surface area contributed by atoms with Crippen molar-refractivity contribution in [1.82, 2.24) is 0 Å². The standard InChI is InChI=1S/C19H22N2O6S2/c1-14-8-9-17(21-10-3-4-11-28(21,23)24)13-18(14)29(25,26)20-16-7-5-6-15(12-16)19(22)27-2/h5-9,12-13,20H,3-4,10-11H2,1-2H3. The molecule has 0 radical (unpaired) electrons. The van der Waals surface area contributed by atoms with Gasteiger partial charge in [-0.15, -0.1) is 0 Å². The molecule has 1 heterocycles. The second-order valence-electron chi connectivity index (χ2n) is 6.72. The summed E-state index contributed by atoms with van der Waals surface area (Å²) in [5, 5.41) is 0. The largest absolute Gasteiger partial charge is 0.465 e. The van der Waals surface area contributed by atoms with Crippen molar-refractivity contribution in [3.63, 3.8) is 0 Å². The maximum absolute atomic E-state index is 13.0. The summed E-state index contributed by atoms with van der Waals surface area (Å²) in [6, 6.07) is 10.5. The van der Waals surface area contributed by atoms with Crippen LogP contribution in [0.1, 0.15) is 28.8 Å². The third-order valence-corrected chi connectivity index (χ3v) is 8.03. The van der Waals surface area contributed by atoms with Crippen LogP contribution in [0.5, 0.6) is 0 Å². The van der Waals surface area contributed by atoms with Gasteiger partial charge in [-0.1, -0.05) is 12.1 Å². The van der Waals surface area contributed by atoms with Crippen molar-refractivity contribution in [2.24, 2.45) is 0 Å². The van der Waals surface area contributed by atoms with E-state index in [1.807, 2.05) is 0 Å². The second-order valence-corrected chi connectivity index (χ2v) is 10.4. The zero-order valence-electron chi connectivity index (χ0n) is 16.1. The summed E-state index contributed by atoms with van der Waals surface area (Å²) in [7, 11) is -6.24. The molecule has 0 bridgehead atoms. The van der Waals surface area contributed by atoms with E-state index in [-0.39, 0.29) is 21.9 Å². The molecule has 29 heavy (non-hydrogen) atoms.